The molecule has 0 atom stereocenters. The second-order valence-electron chi connectivity index (χ2n) is 6.86. The molecule has 0 saturated carbocycles. The van der Waals surface area contributed by atoms with Gasteiger partial charge >= 0.3 is 6.09 Å². The van der Waals surface area contributed by atoms with Gasteiger partial charge in [0.2, 0.25) is 0 Å². The van der Waals surface area contributed by atoms with Crippen LogP contribution in [0.3, 0.4) is 0 Å². The van der Waals surface area contributed by atoms with Gasteiger partial charge in [-0.1, -0.05) is 18.2 Å². The zero-order valence-electron chi connectivity index (χ0n) is 14.8. The number of sulfonamides is 1. The first kappa shape index (κ1) is 18.0. The first-order chi connectivity index (χ1) is 12.2. The molecular weight excluding hydrogens is 352 g/mol. The number of carbonyl (C=O) groups excluding carboxylic acids is 1. The number of aromatic nitrogens is 1. The van der Waals surface area contributed by atoms with E-state index in [9.17, 15) is 13.2 Å². The maximum atomic E-state index is 12.6. The van der Waals surface area contributed by atoms with Crippen LogP contribution in [0.1, 0.15) is 20.8 Å². The van der Waals surface area contributed by atoms with Crippen LogP contribution in [-0.2, 0) is 14.8 Å². The lowest BCUT2D eigenvalue weighted by molar-refractivity contribution is 0.0544. The highest BCUT2D eigenvalue weighted by atomic mass is 32.2. The molecule has 0 unspecified atom stereocenters. The van der Waals surface area contributed by atoms with E-state index in [0.717, 1.165) is 0 Å². The first-order valence-corrected chi connectivity index (χ1v) is 9.56. The molecule has 0 spiro atoms. The number of para-hydroxylation sites is 1. The molecule has 1 heterocycles. The average Bonchev–Trinajstić information content (AvgIpc) is 2.97. The van der Waals surface area contributed by atoms with Gasteiger partial charge in [-0.3, -0.25) is 9.29 Å². The van der Waals surface area contributed by atoms with Crippen LogP contribution in [0.25, 0.3) is 10.9 Å². The van der Waals surface area contributed by atoms with Crippen LogP contribution in [0, 0.1) is 0 Å². The van der Waals surface area contributed by atoms with Gasteiger partial charge in [0.15, 0.2) is 0 Å². The van der Waals surface area contributed by atoms with Gasteiger partial charge in [0.25, 0.3) is 10.0 Å². The molecule has 0 amide bonds. The van der Waals surface area contributed by atoms with Crippen LogP contribution in [0.2, 0.25) is 0 Å². The number of rotatable bonds is 3. The molecule has 0 aliphatic carbocycles. The zero-order chi connectivity index (χ0) is 18.9. The predicted octanol–water partition coefficient (Wildman–Crippen LogP) is 4.23. The summed E-state index contributed by atoms with van der Waals surface area (Å²) >= 11 is 0. The summed E-state index contributed by atoms with van der Waals surface area (Å²) in [6.45, 7) is 5.36. The van der Waals surface area contributed by atoms with Gasteiger partial charge in [-0.2, -0.15) is 0 Å². The van der Waals surface area contributed by atoms with Crippen LogP contribution in [0.5, 0.6) is 0 Å². The number of benzene rings is 2. The second kappa shape index (κ2) is 6.49. The van der Waals surface area contributed by atoms with Gasteiger partial charge in [-0.15, -0.1) is 0 Å². The summed E-state index contributed by atoms with van der Waals surface area (Å²) in [5.41, 5.74) is 0.452. The molecule has 0 aliphatic heterocycles. The molecule has 136 valence electrons. The van der Waals surface area contributed by atoms with Crippen molar-refractivity contribution >= 4 is 32.7 Å². The Morgan fingerprint density at radius 3 is 2.38 bits per heavy atom. The smallest absolute Gasteiger partial charge is 0.418 e. The minimum atomic E-state index is -3.72. The Kier molecular flexibility index (Phi) is 4.50. The molecule has 3 aromatic rings. The third kappa shape index (κ3) is 3.88. The maximum Gasteiger partial charge on any atom is 0.418 e. The molecule has 1 N–H and O–H groups in total. The zero-order valence-corrected chi connectivity index (χ0v) is 15.6. The minimum Gasteiger partial charge on any atom is -0.443 e. The van der Waals surface area contributed by atoms with Gasteiger partial charge in [0.05, 0.1) is 10.4 Å². The van der Waals surface area contributed by atoms with E-state index >= 15 is 0 Å². The predicted molar refractivity (Wildman–Crippen MR) is 101 cm³/mol. The molecular formula is C19H20N2O4S. The quantitative estimate of drug-likeness (QED) is 0.746. The number of nitrogens with zero attached hydrogens (tertiary/aromatic N) is 1. The van der Waals surface area contributed by atoms with Crippen molar-refractivity contribution in [2.45, 2.75) is 31.3 Å². The average molecular weight is 372 g/mol. The van der Waals surface area contributed by atoms with E-state index in [0.29, 0.717) is 16.6 Å². The van der Waals surface area contributed by atoms with Gasteiger partial charge in [0.1, 0.15) is 5.60 Å². The number of carbonyl (C=O) groups is 1. The maximum absolute atomic E-state index is 12.6. The SMILES string of the molecule is CC(C)(C)OC(=O)n1ccc2cc(S(=O)(=O)Nc3ccccc3)ccc21. The molecule has 3 rings (SSSR count). The molecule has 1 aromatic heterocycles. The van der Waals surface area contributed by atoms with Crippen molar-refractivity contribution in [1.82, 2.24) is 4.57 Å². The standard InChI is InChI=1S/C19H20N2O4S/c1-19(2,3)25-18(22)21-12-11-14-13-16(9-10-17(14)21)26(23,24)20-15-7-5-4-6-8-15/h4-13,20H,1-3H3. The van der Waals surface area contributed by atoms with Gasteiger partial charge in [-0.25, -0.2) is 13.2 Å². The van der Waals surface area contributed by atoms with Crippen molar-refractivity contribution in [1.29, 1.82) is 0 Å². The molecule has 6 nitrogen and oxygen atoms in total. The number of hydrogen-bond acceptors (Lipinski definition) is 4. The Morgan fingerprint density at radius 1 is 1.04 bits per heavy atom. The third-order valence-corrected chi connectivity index (χ3v) is 4.97. The van der Waals surface area contributed by atoms with Gasteiger partial charge in [-0.05, 0) is 57.2 Å². The lowest BCUT2D eigenvalue weighted by Gasteiger charge is -2.19. The fraction of sp³-hybridized carbons (Fsp3) is 0.211. The normalized spacial score (nSPS) is 12.1. The highest BCUT2D eigenvalue weighted by Gasteiger charge is 2.20. The van der Waals surface area contributed by atoms with Crippen molar-refractivity contribution in [3.63, 3.8) is 0 Å². The number of ether oxygens (including phenoxy) is 1. The number of nitrogens with one attached hydrogen (secondary N) is 1. The molecule has 7 heteroatoms. The van der Waals surface area contributed by atoms with E-state index in [1.807, 2.05) is 6.07 Å². The van der Waals surface area contributed by atoms with E-state index < -0.39 is 21.7 Å². The highest BCUT2D eigenvalue weighted by Crippen LogP contribution is 2.23. The van der Waals surface area contributed by atoms with Crippen molar-refractivity contribution in [2.75, 3.05) is 4.72 Å². The third-order valence-electron chi connectivity index (χ3n) is 3.59. The van der Waals surface area contributed by atoms with E-state index in [-0.39, 0.29) is 4.90 Å². The molecule has 0 radical (unpaired) electrons. The second-order valence-corrected chi connectivity index (χ2v) is 8.54. The van der Waals surface area contributed by atoms with Crippen LogP contribution in [0.15, 0.2) is 65.7 Å². The van der Waals surface area contributed by atoms with Crippen molar-refractivity contribution in [3.05, 3.63) is 60.8 Å². The Hall–Kier alpha value is -2.80. The Morgan fingerprint density at radius 2 is 1.73 bits per heavy atom. The Bertz CT molecular complexity index is 1050. The van der Waals surface area contributed by atoms with Gasteiger partial charge in [0, 0.05) is 17.3 Å². The molecule has 0 aliphatic rings. The van der Waals surface area contributed by atoms with Crippen LogP contribution >= 0.6 is 0 Å². The number of fused-ring (bicyclic) bond motifs is 1. The van der Waals surface area contributed by atoms with E-state index in [2.05, 4.69) is 4.72 Å². The molecule has 2 aromatic carbocycles. The van der Waals surface area contributed by atoms with Crippen LogP contribution < -0.4 is 4.72 Å². The fourth-order valence-electron chi connectivity index (χ4n) is 2.48. The lowest BCUT2D eigenvalue weighted by atomic mass is 10.2. The Balaban J connectivity index is 1.92. The van der Waals surface area contributed by atoms with Crippen molar-refractivity contribution in [3.8, 4) is 0 Å². The first-order valence-electron chi connectivity index (χ1n) is 8.08. The lowest BCUT2D eigenvalue weighted by Crippen LogP contribution is -2.26. The highest BCUT2D eigenvalue weighted by molar-refractivity contribution is 7.92. The topological polar surface area (TPSA) is 77.4 Å². The summed E-state index contributed by atoms with van der Waals surface area (Å²) in [5.74, 6) is 0. The van der Waals surface area contributed by atoms with E-state index in [1.54, 1.807) is 63.4 Å². The van der Waals surface area contributed by atoms with Crippen molar-refractivity contribution in [2.24, 2.45) is 0 Å². The molecule has 0 saturated heterocycles. The fourth-order valence-corrected chi connectivity index (χ4v) is 3.57. The number of hydrogen-bond donors (Lipinski definition) is 1. The summed E-state index contributed by atoms with van der Waals surface area (Å²) in [7, 11) is -3.72. The number of anilines is 1. The molecule has 0 bridgehead atoms. The molecule has 0 fully saturated rings. The van der Waals surface area contributed by atoms with Crippen LogP contribution in [-0.4, -0.2) is 24.7 Å². The summed E-state index contributed by atoms with van der Waals surface area (Å²) < 4.78 is 34.4. The molecule has 26 heavy (non-hydrogen) atoms. The van der Waals surface area contributed by atoms with Gasteiger partial charge < -0.3 is 4.74 Å². The minimum absolute atomic E-state index is 0.121. The Labute approximate surface area is 152 Å². The largest absolute Gasteiger partial charge is 0.443 e. The summed E-state index contributed by atoms with van der Waals surface area (Å²) in [6, 6.07) is 14.9. The monoisotopic (exact) mass is 372 g/mol. The summed E-state index contributed by atoms with van der Waals surface area (Å²) in [4.78, 5) is 12.4. The van der Waals surface area contributed by atoms with Crippen molar-refractivity contribution < 1.29 is 17.9 Å². The summed E-state index contributed by atoms with van der Waals surface area (Å²) in [5, 5.41) is 0.631. The van der Waals surface area contributed by atoms with E-state index in [1.165, 1.54) is 16.7 Å². The summed E-state index contributed by atoms with van der Waals surface area (Å²) in [6.07, 6.45) is 1.06. The van der Waals surface area contributed by atoms with Crippen LogP contribution in [0.4, 0.5) is 10.5 Å². The van der Waals surface area contributed by atoms with E-state index in [4.69, 9.17) is 4.74 Å².